The lowest BCUT2D eigenvalue weighted by Crippen LogP contribution is -2.39. The minimum atomic E-state index is -1.34. The van der Waals surface area contributed by atoms with Gasteiger partial charge in [0.25, 0.3) is 5.56 Å². The van der Waals surface area contributed by atoms with E-state index < -0.39 is 53.9 Å². The molecule has 1 aromatic rings. The van der Waals surface area contributed by atoms with Crippen LogP contribution < -0.4 is 11.2 Å². The van der Waals surface area contributed by atoms with Crippen molar-refractivity contribution in [2.24, 2.45) is 0 Å². The number of H-pyrrole nitrogens is 1. The Balaban J connectivity index is 2.16. The zero-order valence-corrected chi connectivity index (χ0v) is 11.3. The highest BCUT2D eigenvalue weighted by Crippen LogP contribution is 2.30. The molecular weight excluding hydrogens is 302 g/mol. The van der Waals surface area contributed by atoms with E-state index in [2.05, 4.69) is 0 Å². The number of rotatable bonds is 6. The second kappa shape index (κ2) is 6.79. The van der Waals surface area contributed by atoms with Gasteiger partial charge in [0.1, 0.15) is 24.9 Å². The van der Waals surface area contributed by atoms with Crippen molar-refractivity contribution in [1.29, 1.82) is 0 Å². The first-order valence-electron chi connectivity index (χ1n) is 6.43. The Morgan fingerprint density at radius 3 is 2.82 bits per heavy atom. The van der Waals surface area contributed by atoms with Crippen molar-refractivity contribution in [3.05, 3.63) is 43.2 Å². The van der Waals surface area contributed by atoms with Crippen molar-refractivity contribution < 1.29 is 24.6 Å². The molecule has 0 amide bonds. The molecule has 4 atom stereocenters. The van der Waals surface area contributed by atoms with Crippen molar-refractivity contribution in [2.75, 3.05) is 19.8 Å². The first kappa shape index (κ1) is 16.3. The van der Waals surface area contributed by atoms with E-state index >= 15 is 0 Å². The molecule has 2 rings (SSSR count). The van der Waals surface area contributed by atoms with Crippen LogP contribution in [0.5, 0.6) is 0 Å². The summed E-state index contributed by atoms with van der Waals surface area (Å²) in [5.74, 6) is 0. The van der Waals surface area contributed by atoms with E-state index in [9.17, 15) is 29.9 Å². The number of hydrogen-bond acceptors (Lipinski definition) is 8. The molecule has 0 radical (unpaired) electrons. The van der Waals surface area contributed by atoms with Gasteiger partial charge in [0.15, 0.2) is 6.23 Å². The minimum Gasteiger partial charge on any atom is -0.394 e. The Labute approximate surface area is 122 Å². The van der Waals surface area contributed by atoms with E-state index in [1.54, 1.807) is 0 Å². The summed E-state index contributed by atoms with van der Waals surface area (Å²) in [6.45, 7) is -1.25. The van der Waals surface area contributed by atoms with Crippen molar-refractivity contribution in [1.82, 2.24) is 9.55 Å². The summed E-state index contributed by atoms with van der Waals surface area (Å²) in [6, 6.07) is 1.08. The van der Waals surface area contributed by atoms with Gasteiger partial charge < -0.3 is 19.7 Å². The normalized spacial score (nSPS) is 27.9. The molecule has 11 heteroatoms. The number of nitrogens with one attached hydrogen (secondary N) is 1. The highest BCUT2D eigenvalue weighted by atomic mass is 16.6. The number of hydrogen-bond donors (Lipinski definition) is 3. The Bertz CT molecular complexity index is 641. The van der Waals surface area contributed by atoms with Crippen molar-refractivity contribution in [3.63, 3.8) is 0 Å². The maximum atomic E-state index is 11.7. The zero-order chi connectivity index (χ0) is 16.3. The number of ether oxygens (including phenoxy) is 2. The van der Waals surface area contributed by atoms with Crippen LogP contribution in [-0.2, 0) is 9.47 Å². The fourth-order valence-electron chi connectivity index (χ4n) is 2.19. The van der Waals surface area contributed by atoms with Crippen LogP contribution in [0.2, 0.25) is 0 Å². The molecule has 0 saturated carbocycles. The predicted molar refractivity (Wildman–Crippen MR) is 69.9 cm³/mol. The minimum absolute atomic E-state index is 0.276. The molecule has 3 N–H and O–H groups in total. The molecule has 1 saturated heterocycles. The summed E-state index contributed by atoms with van der Waals surface area (Å²) >= 11 is 0. The van der Waals surface area contributed by atoms with Crippen LogP contribution in [0.4, 0.5) is 0 Å². The van der Waals surface area contributed by atoms with Crippen LogP contribution in [-0.4, -0.2) is 62.8 Å². The van der Waals surface area contributed by atoms with E-state index in [1.165, 1.54) is 0 Å². The monoisotopic (exact) mass is 317 g/mol. The van der Waals surface area contributed by atoms with Crippen LogP contribution in [0.3, 0.4) is 0 Å². The van der Waals surface area contributed by atoms with Gasteiger partial charge in [-0.05, 0) is 0 Å². The van der Waals surface area contributed by atoms with Gasteiger partial charge in [-0.15, -0.1) is 0 Å². The average Bonchev–Trinajstić information content (AvgIpc) is 2.76. The number of aromatic nitrogens is 2. The molecular formula is C11H15N3O8. The van der Waals surface area contributed by atoms with Gasteiger partial charge in [-0.25, -0.2) is 4.79 Å². The van der Waals surface area contributed by atoms with E-state index in [4.69, 9.17) is 9.47 Å². The summed E-state index contributed by atoms with van der Waals surface area (Å²) in [7, 11) is 0. The van der Waals surface area contributed by atoms with Gasteiger partial charge in [-0.3, -0.25) is 24.5 Å². The summed E-state index contributed by atoms with van der Waals surface area (Å²) in [6.07, 6.45) is -3.36. The van der Waals surface area contributed by atoms with Crippen LogP contribution >= 0.6 is 0 Å². The van der Waals surface area contributed by atoms with E-state index in [1.807, 2.05) is 4.98 Å². The number of aliphatic hydroxyl groups is 2. The van der Waals surface area contributed by atoms with Gasteiger partial charge in [-0.2, -0.15) is 0 Å². The largest absolute Gasteiger partial charge is 0.394 e. The van der Waals surface area contributed by atoms with Crippen molar-refractivity contribution >= 4 is 0 Å². The fourth-order valence-corrected chi connectivity index (χ4v) is 2.19. The molecule has 0 spiro atoms. The third kappa shape index (κ3) is 3.39. The highest BCUT2D eigenvalue weighted by Gasteiger charge is 2.45. The van der Waals surface area contributed by atoms with Gasteiger partial charge >= 0.3 is 5.69 Å². The lowest BCUT2D eigenvalue weighted by atomic mass is 10.1. The Hall–Kier alpha value is -2.08. The number of nitro groups is 1. The van der Waals surface area contributed by atoms with E-state index in [-0.39, 0.29) is 6.61 Å². The summed E-state index contributed by atoms with van der Waals surface area (Å²) in [5, 5.41) is 29.7. The maximum Gasteiger partial charge on any atom is 0.330 e. The number of aliphatic hydroxyl groups excluding tert-OH is 2. The second-order valence-electron chi connectivity index (χ2n) is 4.65. The lowest BCUT2D eigenvalue weighted by molar-refractivity contribution is -0.484. The Kier molecular flexibility index (Phi) is 5.03. The molecule has 1 aliphatic heterocycles. The molecule has 11 nitrogen and oxygen atoms in total. The lowest BCUT2D eigenvalue weighted by Gasteiger charge is -2.19. The molecule has 1 aromatic heterocycles. The first-order valence-corrected chi connectivity index (χ1v) is 6.43. The zero-order valence-electron chi connectivity index (χ0n) is 11.3. The van der Waals surface area contributed by atoms with Crippen LogP contribution in [0.1, 0.15) is 6.23 Å². The topological polar surface area (TPSA) is 157 Å². The van der Waals surface area contributed by atoms with Gasteiger partial charge in [-0.1, -0.05) is 0 Å². The second-order valence-corrected chi connectivity index (χ2v) is 4.65. The molecule has 1 fully saturated rings. The summed E-state index contributed by atoms with van der Waals surface area (Å²) in [5.41, 5.74) is -1.40. The van der Waals surface area contributed by atoms with E-state index in [0.717, 1.165) is 16.8 Å². The SMILES string of the molecule is O=c1ccn([C@@H]2O[C@H](CO)[C@@H](OCC[N+](=O)[O-])[C@H]2O)c(=O)[nH]1. The molecule has 122 valence electrons. The molecule has 0 aromatic carbocycles. The Morgan fingerprint density at radius 1 is 1.50 bits per heavy atom. The Morgan fingerprint density at radius 2 is 2.23 bits per heavy atom. The molecule has 0 bridgehead atoms. The van der Waals surface area contributed by atoms with Crippen LogP contribution in [0, 0.1) is 10.1 Å². The smallest absolute Gasteiger partial charge is 0.330 e. The molecule has 22 heavy (non-hydrogen) atoms. The standard InChI is InChI=1S/C11H15N3O8/c15-5-6-9(21-4-3-14(19)20)8(17)10(22-6)13-2-1-7(16)12-11(13)18/h1-2,6,8-10,15,17H,3-5H2,(H,12,16,18)/t6-,8-,9-,10-/m1/s1. The highest BCUT2D eigenvalue weighted by molar-refractivity contribution is 4.93. The first-order chi connectivity index (χ1) is 10.4. The molecule has 2 heterocycles. The molecule has 0 aliphatic carbocycles. The van der Waals surface area contributed by atoms with Gasteiger partial charge in [0.05, 0.1) is 6.61 Å². The summed E-state index contributed by atoms with van der Waals surface area (Å²) < 4.78 is 11.5. The van der Waals surface area contributed by atoms with Crippen LogP contribution in [0.25, 0.3) is 0 Å². The van der Waals surface area contributed by atoms with Crippen LogP contribution in [0.15, 0.2) is 21.9 Å². The quantitative estimate of drug-likeness (QED) is 0.382. The van der Waals surface area contributed by atoms with E-state index in [0.29, 0.717) is 0 Å². The van der Waals surface area contributed by atoms with Crippen molar-refractivity contribution in [2.45, 2.75) is 24.5 Å². The van der Waals surface area contributed by atoms with Crippen molar-refractivity contribution in [3.8, 4) is 0 Å². The molecule has 1 aliphatic rings. The number of aromatic amines is 1. The number of nitrogens with zero attached hydrogens (tertiary/aromatic N) is 2. The maximum absolute atomic E-state index is 11.7. The predicted octanol–water partition coefficient (Wildman–Crippen LogP) is -2.55. The van der Waals surface area contributed by atoms with Gasteiger partial charge in [0, 0.05) is 17.2 Å². The third-order valence-electron chi connectivity index (χ3n) is 3.20. The fraction of sp³-hybridized carbons (Fsp3) is 0.636. The molecule has 0 unspecified atom stereocenters. The average molecular weight is 317 g/mol. The summed E-state index contributed by atoms with van der Waals surface area (Å²) in [4.78, 5) is 34.4. The third-order valence-corrected chi connectivity index (χ3v) is 3.20. The van der Waals surface area contributed by atoms with Gasteiger partial charge in [0.2, 0.25) is 6.54 Å².